The van der Waals surface area contributed by atoms with Gasteiger partial charge in [-0.05, 0) is 25.0 Å². The van der Waals surface area contributed by atoms with Gasteiger partial charge in [-0.15, -0.1) is 0 Å². The average Bonchev–Trinajstić information content (AvgIpc) is 3.22. The number of rotatable bonds is 4. The highest BCUT2D eigenvalue weighted by atomic mass is 19.1. The molecule has 5 nitrogen and oxygen atoms in total. The number of fused-ring (bicyclic) bond motifs is 1. The highest BCUT2D eigenvalue weighted by Crippen LogP contribution is 2.31. The summed E-state index contributed by atoms with van der Waals surface area (Å²) >= 11 is 0. The molecule has 1 aromatic carbocycles. The summed E-state index contributed by atoms with van der Waals surface area (Å²) in [5.74, 6) is 2.04. The molecule has 0 radical (unpaired) electrons. The van der Waals surface area contributed by atoms with Crippen molar-refractivity contribution < 1.29 is 8.91 Å². The van der Waals surface area contributed by atoms with Crippen LogP contribution in [0.25, 0.3) is 11.3 Å². The maximum Gasteiger partial charge on any atom is 0.151 e. The Kier molecular flexibility index (Phi) is 5.10. The Morgan fingerprint density at radius 2 is 2.00 bits per heavy atom. The molecule has 0 saturated heterocycles. The van der Waals surface area contributed by atoms with Crippen molar-refractivity contribution in [3.05, 3.63) is 65.2 Å². The molecule has 29 heavy (non-hydrogen) atoms. The molecule has 6 heteroatoms. The first-order chi connectivity index (χ1) is 14.3. The number of aromatic nitrogens is 3. The average molecular weight is 392 g/mol. The maximum absolute atomic E-state index is 14.0. The van der Waals surface area contributed by atoms with Crippen LogP contribution in [0.4, 0.5) is 4.39 Å². The van der Waals surface area contributed by atoms with Gasteiger partial charge >= 0.3 is 0 Å². The van der Waals surface area contributed by atoms with E-state index in [0.29, 0.717) is 23.7 Å². The van der Waals surface area contributed by atoms with Crippen molar-refractivity contribution in [1.29, 1.82) is 0 Å². The number of hydrogen-bond donors (Lipinski definition) is 0. The van der Waals surface area contributed by atoms with Gasteiger partial charge in [0, 0.05) is 54.5 Å². The molecule has 2 aliphatic rings. The molecular formula is C23H25FN4O. The Morgan fingerprint density at radius 3 is 2.86 bits per heavy atom. The van der Waals surface area contributed by atoms with Gasteiger partial charge < -0.3 is 4.52 Å². The fraction of sp³-hybridized carbons (Fsp3) is 0.435. The van der Waals surface area contributed by atoms with Crippen molar-refractivity contribution in [1.82, 2.24) is 20.0 Å². The van der Waals surface area contributed by atoms with Crippen LogP contribution in [0.15, 0.2) is 41.1 Å². The molecule has 1 aliphatic carbocycles. The van der Waals surface area contributed by atoms with Crippen LogP contribution < -0.4 is 0 Å². The highest BCUT2D eigenvalue weighted by Gasteiger charge is 2.23. The first-order valence-electron chi connectivity index (χ1n) is 10.5. The summed E-state index contributed by atoms with van der Waals surface area (Å²) in [7, 11) is 0. The molecule has 0 N–H and O–H groups in total. The lowest BCUT2D eigenvalue weighted by atomic mass is 9.88. The van der Waals surface area contributed by atoms with Crippen LogP contribution in [0, 0.1) is 5.82 Å². The number of halogens is 1. The van der Waals surface area contributed by atoms with E-state index in [1.807, 2.05) is 12.3 Å². The molecule has 0 atom stereocenters. The molecule has 0 amide bonds. The predicted molar refractivity (Wildman–Crippen MR) is 108 cm³/mol. The molecule has 0 bridgehead atoms. The largest absolute Gasteiger partial charge is 0.359 e. The minimum Gasteiger partial charge on any atom is -0.359 e. The normalized spacial score (nSPS) is 18.0. The van der Waals surface area contributed by atoms with Crippen LogP contribution in [-0.2, 0) is 19.5 Å². The topological polar surface area (TPSA) is 55.1 Å². The minimum absolute atomic E-state index is 0.287. The van der Waals surface area contributed by atoms with Crippen LogP contribution in [-0.4, -0.2) is 26.6 Å². The second-order valence-corrected chi connectivity index (χ2v) is 8.15. The van der Waals surface area contributed by atoms with Gasteiger partial charge in [0.25, 0.3) is 0 Å². The monoisotopic (exact) mass is 392 g/mol. The van der Waals surface area contributed by atoms with Gasteiger partial charge in [-0.25, -0.2) is 14.4 Å². The van der Waals surface area contributed by atoms with E-state index >= 15 is 0 Å². The molecule has 0 unspecified atom stereocenters. The van der Waals surface area contributed by atoms with Gasteiger partial charge in [0.05, 0.1) is 6.54 Å². The lowest BCUT2D eigenvalue weighted by molar-refractivity contribution is 0.212. The first kappa shape index (κ1) is 18.4. The quantitative estimate of drug-likeness (QED) is 0.634. The lowest BCUT2D eigenvalue weighted by Gasteiger charge is -2.28. The van der Waals surface area contributed by atoms with E-state index in [0.717, 1.165) is 31.1 Å². The van der Waals surface area contributed by atoms with E-state index in [1.165, 1.54) is 49.4 Å². The Hall–Kier alpha value is -2.60. The Labute approximate surface area is 170 Å². The summed E-state index contributed by atoms with van der Waals surface area (Å²) < 4.78 is 19.4. The third kappa shape index (κ3) is 3.94. The SMILES string of the molecule is Fc1ccccc1-c1cc(CN2CCc3nc(C4CCCCC4)ncc3C2)on1. The molecule has 150 valence electrons. The van der Waals surface area contributed by atoms with Crippen molar-refractivity contribution >= 4 is 0 Å². The fourth-order valence-electron chi connectivity index (χ4n) is 4.49. The molecule has 2 aromatic heterocycles. The predicted octanol–water partition coefficient (Wildman–Crippen LogP) is 4.88. The molecular weight excluding hydrogens is 367 g/mol. The summed E-state index contributed by atoms with van der Waals surface area (Å²) in [5.41, 5.74) is 3.40. The van der Waals surface area contributed by atoms with Gasteiger partial charge in [0.2, 0.25) is 0 Å². The summed E-state index contributed by atoms with van der Waals surface area (Å²) in [6.45, 7) is 2.37. The van der Waals surface area contributed by atoms with Crippen molar-refractivity contribution in [2.75, 3.05) is 6.54 Å². The third-order valence-electron chi connectivity index (χ3n) is 6.09. The Bertz CT molecular complexity index is 996. The summed E-state index contributed by atoms with van der Waals surface area (Å²) in [4.78, 5) is 11.9. The number of hydrogen-bond acceptors (Lipinski definition) is 5. The van der Waals surface area contributed by atoms with Crippen molar-refractivity contribution in [2.45, 2.75) is 57.5 Å². The summed E-state index contributed by atoms with van der Waals surface area (Å²) in [6, 6.07) is 8.46. The van der Waals surface area contributed by atoms with E-state index in [-0.39, 0.29) is 5.82 Å². The minimum atomic E-state index is -0.287. The smallest absolute Gasteiger partial charge is 0.151 e. The van der Waals surface area contributed by atoms with Gasteiger partial charge in [-0.3, -0.25) is 4.90 Å². The van der Waals surface area contributed by atoms with Gasteiger partial charge in [-0.1, -0.05) is 36.6 Å². The van der Waals surface area contributed by atoms with Gasteiger partial charge in [0.1, 0.15) is 17.3 Å². The molecule has 1 aliphatic heterocycles. The van der Waals surface area contributed by atoms with Crippen LogP contribution in [0.2, 0.25) is 0 Å². The van der Waals surface area contributed by atoms with Crippen molar-refractivity contribution in [3.8, 4) is 11.3 Å². The van der Waals surface area contributed by atoms with Gasteiger partial charge in [-0.2, -0.15) is 0 Å². The van der Waals surface area contributed by atoms with Crippen molar-refractivity contribution in [3.63, 3.8) is 0 Å². The molecule has 5 rings (SSSR count). The standard InChI is InChI=1S/C23H25FN4O/c24-20-9-5-4-8-19(20)22-12-18(29-27-22)15-28-11-10-21-17(14-28)13-25-23(26-21)16-6-2-1-3-7-16/h4-5,8-9,12-13,16H,1-3,6-7,10-11,14-15H2. The van der Waals surface area contributed by atoms with E-state index in [2.05, 4.69) is 10.1 Å². The second kappa shape index (κ2) is 8.03. The van der Waals surface area contributed by atoms with Gasteiger partial charge in [0.15, 0.2) is 5.76 Å². The Morgan fingerprint density at radius 1 is 1.14 bits per heavy atom. The highest BCUT2D eigenvalue weighted by molar-refractivity contribution is 5.59. The molecule has 3 aromatic rings. The first-order valence-corrected chi connectivity index (χ1v) is 10.5. The second-order valence-electron chi connectivity index (χ2n) is 8.15. The Balaban J connectivity index is 1.26. The van der Waals surface area contributed by atoms with E-state index in [9.17, 15) is 4.39 Å². The van der Waals surface area contributed by atoms with Crippen LogP contribution in [0.5, 0.6) is 0 Å². The zero-order chi connectivity index (χ0) is 19.6. The van der Waals surface area contributed by atoms with E-state index in [4.69, 9.17) is 14.5 Å². The summed E-state index contributed by atoms with van der Waals surface area (Å²) in [6.07, 6.45) is 9.32. The molecule has 3 heterocycles. The van der Waals surface area contributed by atoms with Crippen LogP contribution in [0.1, 0.15) is 60.9 Å². The van der Waals surface area contributed by atoms with Crippen LogP contribution in [0.3, 0.4) is 0 Å². The van der Waals surface area contributed by atoms with E-state index < -0.39 is 0 Å². The van der Waals surface area contributed by atoms with E-state index in [1.54, 1.807) is 18.2 Å². The maximum atomic E-state index is 14.0. The third-order valence-corrected chi connectivity index (χ3v) is 6.09. The van der Waals surface area contributed by atoms with Crippen molar-refractivity contribution in [2.24, 2.45) is 0 Å². The fourth-order valence-corrected chi connectivity index (χ4v) is 4.49. The number of nitrogens with zero attached hydrogens (tertiary/aromatic N) is 4. The van der Waals surface area contributed by atoms with Crippen LogP contribution >= 0.6 is 0 Å². The zero-order valence-corrected chi connectivity index (χ0v) is 16.5. The lowest BCUT2D eigenvalue weighted by Crippen LogP contribution is -2.31. The molecule has 1 saturated carbocycles. The zero-order valence-electron chi connectivity index (χ0n) is 16.5. The molecule has 1 fully saturated rings. The number of benzene rings is 1. The molecule has 0 spiro atoms. The summed E-state index contributed by atoms with van der Waals surface area (Å²) in [5, 5.41) is 4.05.